The first-order valence-electron chi connectivity index (χ1n) is 7.94. The lowest BCUT2D eigenvalue weighted by atomic mass is 10.2. The molecular weight excluding hydrogens is 395 g/mol. The summed E-state index contributed by atoms with van der Waals surface area (Å²) in [6.45, 7) is 0.202. The monoisotopic (exact) mass is 416 g/mol. The van der Waals surface area contributed by atoms with Gasteiger partial charge in [-0.25, -0.2) is 12.8 Å². The molecule has 148 valence electrons. The van der Waals surface area contributed by atoms with Crippen molar-refractivity contribution in [1.29, 1.82) is 0 Å². The van der Waals surface area contributed by atoms with Gasteiger partial charge in [0.15, 0.2) is 0 Å². The Balaban J connectivity index is 0.00000364. The van der Waals surface area contributed by atoms with E-state index in [0.717, 1.165) is 11.8 Å². The van der Waals surface area contributed by atoms with E-state index in [9.17, 15) is 17.6 Å². The molecule has 0 fully saturated rings. The van der Waals surface area contributed by atoms with E-state index in [0.29, 0.717) is 11.4 Å². The van der Waals surface area contributed by atoms with Gasteiger partial charge < -0.3 is 15.8 Å². The van der Waals surface area contributed by atoms with Crippen LogP contribution in [-0.2, 0) is 21.2 Å². The number of halogens is 2. The van der Waals surface area contributed by atoms with Crippen LogP contribution >= 0.6 is 12.4 Å². The average molecular weight is 417 g/mol. The van der Waals surface area contributed by atoms with E-state index in [-0.39, 0.29) is 37.0 Å². The van der Waals surface area contributed by atoms with Crippen molar-refractivity contribution >= 4 is 33.8 Å². The first kappa shape index (κ1) is 22.9. The zero-order valence-corrected chi connectivity index (χ0v) is 16.4. The van der Waals surface area contributed by atoms with E-state index < -0.39 is 21.8 Å². The number of carbonyl (C=O) groups is 1. The third-order valence-corrected chi connectivity index (χ3v) is 4.51. The molecule has 0 saturated carbocycles. The Hall–Kier alpha value is -2.16. The Morgan fingerprint density at radius 1 is 1.22 bits per heavy atom. The van der Waals surface area contributed by atoms with Crippen molar-refractivity contribution in [3.63, 3.8) is 0 Å². The smallest absolute Gasteiger partial charge is 0.241 e. The van der Waals surface area contributed by atoms with Crippen LogP contribution in [-0.4, -0.2) is 32.4 Å². The molecule has 0 radical (unpaired) electrons. The molecule has 0 aliphatic rings. The number of rotatable bonds is 8. The van der Waals surface area contributed by atoms with Gasteiger partial charge in [0.2, 0.25) is 5.91 Å². The summed E-state index contributed by atoms with van der Waals surface area (Å²) < 4.78 is 40.9. The van der Waals surface area contributed by atoms with Gasteiger partial charge in [-0.3, -0.25) is 4.79 Å². The fourth-order valence-electron chi connectivity index (χ4n) is 2.17. The standard InChI is InChI=1S/C18H21FN2O4S.ClH/c1-26(23,24)9-8-17(20)18(22)21-15-6-2-4-13(10-15)12-25-16-7-3-5-14(19)11-16;/h2-7,10-11,17H,8-9,12,20H2,1H3,(H,21,22);1H. The van der Waals surface area contributed by atoms with Gasteiger partial charge in [0.1, 0.15) is 28.0 Å². The highest BCUT2D eigenvalue weighted by molar-refractivity contribution is 7.90. The van der Waals surface area contributed by atoms with E-state index >= 15 is 0 Å². The highest BCUT2D eigenvalue weighted by Crippen LogP contribution is 2.16. The number of amides is 1. The molecular formula is C18H22ClFN2O4S. The molecule has 1 atom stereocenters. The molecule has 0 saturated heterocycles. The lowest BCUT2D eigenvalue weighted by molar-refractivity contribution is -0.117. The van der Waals surface area contributed by atoms with E-state index in [1.54, 1.807) is 36.4 Å². The molecule has 2 rings (SSSR count). The maximum atomic E-state index is 13.1. The number of ether oxygens (including phenoxy) is 1. The van der Waals surface area contributed by atoms with Gasteiger partial charge in [-0.2, -0.15) is 0 Å². The maximum Gasteiger partial charge on any atom is 0.241 e. The van der Waals surface area contributed by atoms with E-state index in [1.807, 2.05) is 0 Å². The summed E-state index contributed by atoms with van der Waals surface area (Å²) in [5.41, 5.74) is 7.02. The highest BCUT2D eigenvalue weighted by atomic mass is 35.5. The van der Waals surface area contributed by atoms with E-state index in [2.05, 4.69) is 5.32 Å². The molecule has 0 aliphatic carbocycles. The lowest BCUT2D eigenvalue weighted by Gasteiger charge is -2.13. The Labute approximate surface area is 164 Å². The van der Waals surface area contributed by atoms with Crippen LogP contribution in [0.5, 0.6) is 5.75 Å². The second-order valence-electron chi connectivity index (χ2n) is 5.96. The largest absolute Gasteiger partial charge is 0.489 e. The van der Waals surface area contributed by atoms with Gasteiger partial charge in [-0.05, 0) is 36.2 Å². The quantitative estimate of drug-likeness (QED) is 0.689. The van der Waals surface area contributed by atoms with Crippen molar-refractivity contribution in [2.75, 3.05) is 17.3 Å². The Morgan fingerprint density at radius 2 is 1.93 bits per heavy atom. The summed E-state index contributed by atoms with van der Waals surface area (Å²) in [4.78, 5) is 12.1. The van der Waals surface area contributed by atoms with Crippen LogP contribution in [0.1, 0.15) is 12.0 Å². The molecule has 0 heterocycles. The topological polar surface area (TPSA) is 98.5 Å². The number of sulfone groups is 1. The fourth-order valence-corrected chi connectivity index (χ4v) is 2.85. The molecule has 1 unspecified atom stereocenters. The third-order valence-electron chi connectivity index (χ3n) is 3.53. The summed E-state index contributed by atoms with van der Waals surface area (Å²) in [7, 11) is -3.17. The predicted molar refractivity (Wildman–Crippen MR) is 105 cm³/mol. The molecule has 27 heavy (non-hydrogen) atoms. The van der Waals surface area contributed by atoms with Crippen LogP contribution in [0.3, 0.4) is 0 Å². The minimum atomic E-state index is -3.17. The second-order valence-corrected chi connectivity index (χ2v) is 8.22. The number of anilines is 1. The molecule has 0 aromatic heterocycles. The number of hydrogen-bond donors (Lipinski definition) is 2. The minimum absolute atomic E-state index is 0. The third kappa shape index (κ3) is 8.38. The maximum absolute atomic E-state index is 13.1. The summed E-state index contributed by atoms with van der Waals surface area (Å²) in [5, 5.41) is 2.65. The minimum Gasteiger partial charge on any atom is -0.489 e. The van der Waals surface area contributed by atoms with Crippen LogP contribution in [0.4, 0.5) is 10.1 Å². The number of carbonyl (C=O) groups excluding carboxylic acids is 1. The van der Waals surface area contributed by atoms with Crippen molar-refractivity contribution in [2.24, 2.45) is 5.73 Å². The van der Waals surface area contributed by atoms with Gasteiger partial charge in [-0.15, -0.1) is 12.4 Å². The summed E-state index contributed by atoms with van der Waals surface area (Å²) >= 11 is 0. The lowest BCUT2D eigenvalue weighted by Crippen LogP contribution is -2.37. The van der Waals surface area contributed by atoms with Crippen LogP contribution < -0.4 is 15.8 Å². The van der Waals surface area contributed by atoms with Crippen LogP contribution in [0, 0.1) is 5.82 Å². The van der Waals surface area contributed by atoms with Gasteiger partial charge in [0.25, 0.3) is 0 Å². The molecule has 6 nitrogen and oxygen atoms in total. The van der Waals surface area contributed by atoms with E-state index in [4.69, 9.17) is 10.5 Å². The Morgan fingerprint density at radius 3 is 2.59 bits per heavy atom. The molecule has 2 aromatic carbocycles. The molecule has 2 aromatic rings. The van der Waals surface area contributed by atoms with Crippen molar-refractivity contribution in [3.05, 3.63) is 59.9 Å². The number of nitrogens with one attached hydrogen (secondary N) is 1. The molecule has 0 spiro atoms. The molecule has 1 amide bonds. The zero-order valence-electron chi connectivity index (χ0n) is 14.7. The van der Waals surface area contributed by atoms with Gasteiger partial charge >= 0.3 is 0 Å². The molecule has 0 bridgehead atoms. The predicted octanol–water partition coefficient (Wildman–Crippen LogP) is 2.53. The zero-order chi connectivity index (χ0) is 19.2. The van der Waals surface area contributed by atoms with Crippen molar-refractivity contribution in [2.45, 2.75) is 19.1 Å². The Bertz CT molecular complexity index is 877. The van der Waals surface area contributed by atoms with Crippen LogP contribution in [0.15, 0.2) is 48.5 Å². The van der Waals surface area contributed by atoms with Gasteiger partial charge in [0.05, 0.1) is 11.8 Å². The van der Waals surface area contributed by atoms with Crippen molar-refractivity contribution in [3.8, 4) is 5.75 Å². The normalized spacial score (nSPS) is 12.0. The first-order chi connectivity index (χ1) is 12.2. The van der Waals surface area contributed by atoms with Crippen molar-refractivity contribution in [1.82, 2.24) is 0 Å². The highest BCUT2D eigenvalue weighted by Gasteiger charge is 2.16. The number of benzene rings is 2. The van der Waals surface area contributed by atoms with Gasteiger partial charge in [-0.1, -0.05) is 18.2 Å². The molecule has 9 heteroatoms. The first-order valence-corrected chi connectivity index (χ1v) is 10.0. The summed E-state index contributed by atoms with van der Waals surface area (Å²) in [5.74, 6) is -0.589. The van der Waals surface area contributed by atoms with E-state index in [1.165, 1.54) is 12.1 Å². The summed E-state index contributed by atoms with van der Waals surface area (Å²) in [6.07, 6.45) is 1.15. The van der Waals surface area contributed by atoms with Crippen molar-refractivity contribution < 1.29 is 22.3 Å². The number of nitrogens with two attached hydrogens (primary N) is 1. The Kier molecular flexibility index (Phi) is 8.68. The molecule has 0 aliphatic heterocycles. The number of hydrogen-bond acceptors (Lipinski definition) is 5. The molecule has 3 N–H and O–H groups in total. The fraction of sp³-hybridized carbons (Fsp3) is 0.278. The second kappa shape index (κ2) is 10.2. The van der Waals surface area contributed by atoms with Crippen LogP contribution in [0.2, 0.25) is 0 Å². The SMILES string of the molecule is CS(=O)(=O)CCC(N)C(=O)Nc1cccc(COc2cccc(F)c2)c1.Cl. The average Bonchev–Trinajstić information content (AvgIpc) is 2.57. The van der Waals surface area contributed by atoms with Gasteiger partial charge in [0, 0.05) is 18.0 Å². The summed E-state index contributed by atoms with van der Waals surface area (Å²) in [6, 6.07) is 11.8. The van der Waals surface area contributed by atoms with Crippen LogP contribution in [0.25, 0.3) is 0 Å².